The molecule has 1 saturated heterocycles. The fourth-order valence-corrected chi connectivity index (χ4v) is 3.62. The number of carbonyl (C=O) groups excluding carboxylic acids is 2. The Kier molecular flexibility index (Phi) is 5.29. The molecule has 4 rings (SSSR count). The van der Waals surface area contributed by atoms with Crippen molar-refractivity contribution in [1.29, 1.82) is 5.26 Å². The molecule has 7 nitrogen and oxygen atoms in total. The average Bonchev–Trinajstić information content (AvgIpc) is 3.11. The summed E-state index contributed by atoms with van der Waals surface area (Å²) in [4.78, 5) is 34.2. The highest BCUT2D eigenvalue weighted by Crippen LogP contribution is 2.31. The van der Waals surface area contributed by atoms with Crippen molar-refractivity contribution >= 4 is 22.7 Å². The van der Waals surface area contributed by atoms with Crippen molar-refractivity contribution in [3.05, 3.63) is 60.6 Å². The number of aromatic nitrogens is 2. The Hall–Kier alpha value is -3.93. The molecule has 156 valence electrons. The lowest BCUT2D eigenvalue weighted by molar-refractivity contribution is -0.131. The Labute approximate surface area is 176 Å². The monoisotopic (exact) mass is 421 g/mol. The molecule has 2 aromatic heterocycles. The van der Waals surface area contributed by atoms with E-state index >= 15 is 0 Å². The second-order valence-electron chi connectivity index (χ2n) is 7.24. The maximum absolute atomic E-state index is 13.6. The summed E-state index contributed by atoms with van der Waals surface area (Å²) in [7, 11) is 0. The van der Waals surface area contributed by atoms with Crippen molar-refractivity contribution in [3.63, 3.8) is 0 Å². The zero-order valence-electron chi connectivity index (χ0n) is 16.3. The van der Waals surface area contributed by atoms with Gasteiger partial charge in [-0.1, -0.05) is 6.07 Å². The molecule has 9 heteroatoms. The van der Waals surface area contributed by atoms with E-state index in [-0.39, 0.29) is 0 Å². The van der Waals surface area contributed by atoms with Crippen molar-refractivity contribution in [3.8, 4) is 17.2 Å². The molecule has 1 fully saturated rings. The number of fused-ring (bicyclic) bond motifs is 1. The van der Waals surface area contributed by atoms with E-state index in [1.807, 2.05) is 24.3 Å². The van der Waals surface area contributed by atoms with Crippen LogP contribution in [0, 0.1) is 11.3 Å². The number of likely N-dealkylation sites (tertiary alicyclic amines) is 1. The minimum Gasteiger partial charge on any atom is -0.343 e. The van der Waals surface area contributed by atoms with E-state index in [1.54, 1.807) is 24.5 Å². The highest BCUT2D eigenvalue weighted by atomic mass is 19.3. The summed E-state index contributed by atoms with van der Waals surface area (Å²) in [5.41, 5.74) is 2.68. The van der Waals surface area contributed by atoms with Gasteiger partial charge in [0, 0.05) is 30.4 Å². The van der Waals surface area contributed by atoms with Crippen LogP contribution in [0.15, 0.2) is 55.0 Å². The third kappa shape index (κ3) is 4.19. The van der Waals surface area contributed by atoms with Crippen LogP contribution in [0.25, 0.3) is 22.0 Å². The van der Waals surface area contributed by atoms with Crippen molar-refractivity contribution in [2.75, 3.05) is 13.1 Å². The van der Waals surface area contributed by atoms with Gasteiger partial charge in [-0.15, -0.1) is 0 Å². The Morgan fingerprint density at radius 1 is 1.16 bits per heavy atom. The third-order valence-electron chi connectivity index (χ3n) is 5.14. The van der Waals surface area contributed by atoms with Gasteiger partial charge in [0.1, 0.15) is 6.04 Å². The summed E-state index contributed by atoms with van der Waals surface area (Å²) in [5, 5.41) is 12.1. The van der Waals surface area contributed by atoms with E-state index in [2.05, 4.69) is 15.3 Å². The molecule has 1 aromatic carbocycles. The van der Waals surface area contributed by atoms with Gasteiger partial charge in [-0.05, 0) is 41.5 Å². The molecule has 0 saturated carbocycles. The van der Waals surface area contributed by atoms with Gasteiger partial charge in [-0.3, -0.25) is 19.6 Å². The lowest BCUT2D eigenvalue weighted by atomic mass is 10.0. The number of halogens is 2. The molecule has 1 aliphatic rings. The van der Waals surface area contributed by atoms with E-state index in [4.69, 9.17) is 5.26 Å². The van der Waals surface area contributed by atoms with Crippen LogP contribution in [-0.2, 0) is 4.79 Å². The molecule has 0 aliphatic carbocycles. The van der Waals surface area contributed by atoms with Crippen LogP contribution in [0.2, 0.25) is 0 Å². The molecule has 1 N–H and O–H groups in total. The SMILES string of the molecule is N#CC1CC(F)(F)CN1C(=O)CNC(=O)c1ccnc2ccc(-c3ccncc3)cc12. The molecule has 31 heavy (non-hydrogen) atoms. The third-order valence-corrected chi connectivity index (χ3v) is 5.14. The highest BCUT2D eigenvalue weighted by molar-refractivity contribution is 6.07. The van der Waals surface area contributed by atoms with Crippen LogP contribution in [0.4, 0.5) is 8.78 Å². The topological polar surface area (TPSA) is 99.0 Å². The number of nitriles is 1. The van der Waals surface area contributed by atoms with Crippen LogP contribution in [0.5, 0.6) is 0 Å². The second kappa shape index (κ2) is 8.07. The van der Waals surface area contributed by atoms with E-state index in [1.165, 1.54) is 12.3 Å². The second-order valence-corrected chi connectivity index (χ2v) is 7.24. The maximum Gasteiger partial charge on any atom is 0.268 e. The molecule has 3 heterocycles. The number of amides is 2. The van der Waals surface area contributed by atoms with Crippen LogP contribution in [0.1, 0.15) is 16.8 Å². The Bertz CT molecular complexity index is 1190. The van der Waals surface area contributed by atoms with Gasteiger partial charge in [0.05, 0.1) is 30.2 Å². The zero-order chi connectivity index (χ0) is 22.0. The largest absolute Gasteiger partial charge is 0.343 e. The van der Waals surface area contributed by atoms with E-state index < -0.39 is 43.3 Å². The summed E-state index contributed by atoms with van der Waals surface area (Å²) in [6.45, 7) is -1.31. The van der Waals surface area contributed by atoms with Crippen LogP contribution in [0.3, 0.4) is 0 Å². The molecular weight excluding hydrogens is 404 g/mol. The molecule has 0 bridgehead atoms. The number of nitrogens with zero attached hydrogens (tertiary/aromatic N) is 4. The minimum atomic E-state index is -3.11. The van der Waals surface area contributed by atoms with Gasteiger partial charge >= 0.3 is 0 Å². The van der Waals surface area contributed by atoms with Gasteiger partial charge in [0.15, 0.2) is 0 Å². The Morgan fingerprint density at radius 2 is 1.94 bits per heavy atom. The first-order chi connectivity index (χ1) is 14.9. The lowest BCUT2D eigenvalue weighted by Crippen LogP contribution is -2.43. The summed E-state index contributed by atoms with van der Waals surface area (Å²) in [6, 6.07) is 11.2. The molecule has 3 aromatic rings. The molecular formula is C22H17F2N5O2. The van der Waals surface area contributed by atoms with E-state index in [0.717, 1.165) is 16.0 Å². The van der Waals surface area contributed by atoms with E-state index in [9.17, 15) is 18.4 Å². The number of pyridine rings is 2. The fraction of sp³-hybridized carbons (Fsp3) is 0.227. The first-order valence-electron chi connectivity index (χ1n) is 9.52. The van der Waals surface area contributed by atoms with Crippen molar-refractivity contribution in [2.45, 2.75) is 18.4 Å². The number of hydrogen-bond acceptors (Lipinski definition) is 5. The van der Waals surface area contributed by atoms with Crippen LogP contribution >= 0.6 is 0 Å². The Morgan fingerprint density at radius 3 is 2.68 bits per heavy atom. The summed E-state index contributed by atoms with van der Waals surface area (Å²) >= 11 is 0. The predicted octanol–water partition coefficient (Wildman–Crippen LogP) is 2.79. The van der Waals surface area contributed by atoms with Crippen molar-refractivity contribution in [2.24, 2.45) is 0 Å². The number of alkyl halides is 2. The summed E-state index contributed by atoms with van der Waals surface area (Å²) in [6.07, 6.45) is 4.12. The smallest absolute Gasteiger partial charge is 0.268 e. The molecule has 1 atom stereocenters. The Balaban J connectivity index is 1.54. The van der Waals surface area contributed by atoms with E-state index in [0.29, 0.717) is 16.5 Å². The van der Waals surface area contributed by atoms with Gasteiger partial charge in [0.25, 0.3) is 11.8 Å². The molecule has 0 radical (unpaired) electrons. The summed E-state index contributed by atoms with van der Waals surface area (Å²) < 4.78 is 27.1. The molecule has 1 unspecified atom stereocenters. The average molecular weight is 421 g/mol. The lowest BCUT2D eigenvalue weighted by Gasteiger charge is -2.19. The number of rotatable bonds is 4. The number of benzene rings is 1. The van der Waals surface area contributed by atoms with Crippen molar-refractivity contribution < 1.29 is 18.4 Å². The summed E-state index contributed by atoms with van der Waals surface area (Å²) in [5.74, 6) is -4.37. The number of nitrogens with one attached hydrogen (secondary N) is 1. The molecule has 1 aliphatic heterocycles. The quantitative estimate of drug-likeness (QED) is 0.699. The standard InChI is InChI=1S/C22H17F2N5O2/c23-22(24)10-16(11-25)29(13-22)20(30)12-28-21(31)17-5-8-27-19-2-1-15(9-18(17)19)14-3-6-26-7-4-14/h1-9,16H,10,12-13H2,(H,28,31). The predicted molar refractivity (Wildman–Crippen MR) is 108 cm³/mol. The minimum absolute atomic E-state index is 0.303. The fourth-order valence-electron chi connectivity index (χ4n) is 3.62. The zero-order valence-corrected chi connectivity index (χ0v) is 16.3. The number of carbonyl (C=O) groups is 2. The maximum atomic E-state index is 13.6. The highest BCUT2D eigenvalue weighted by Gasteiger charge is 2.47. The number of hydrogen-bond donors (Lipinski definition) is 1. The van der Waals surface area contributed by atoms with Gasteiger partial charge in [-0.25, -0.2) is 8.78 Å². The van der Waals surface area contributed by atoms with Crippen LogP contribution < -0.4 is 5.32 Å². The van der Waals surface area contributed by atoms with Gasteiger partial charge in [-0.2, -0.15) is 5.26 Å². The first-order valence-corrected chi connectivity index (χ1v) is 9.52. The molecule has 2 amide bonds. The van der Waals surface area contributed by atoms with Crippen LogP contribution in [-0.4, -0.2) is 51.7 Å². The van der Waals surface area contributed by atoms with Gasteiger partial charge < -0.3 is 10.2 Å². The normalized spacial score (nSPS) is 17.3. The first kappa shape index (κ1) is 20.3. The van der Waals surface area contributed by atoms with Gasteiger partial charge in [0.2, 0.25) is 5.91 Å². The molecule has 0 spiro atoms. The van der Waals surface area contributed by atoms with Crippen molar-refractivity contribution in [1.82, 2.24) is 20.2 Å².